The number of aromatic nitrogens is 3. The monoisotopic (exact) mass is 480 g/mol. The van der Waals surface area contributed by atoms with E-state index in [2.05, 4.69) is 41.3 Å². The number of nitrogens with one attached hydrogen (secondary N) is 2. The molecule has 3 aromatic carbocycles. The number of fused-ring (bicyclic) bond motifs is 1. The van der Waals surface area contributed by atoms with Gasteiger partial charge in [-0.15, -0.1) is 0 Å². The molecule has 0 aliphatic rings. The number of para-hydroxylation sites is 3. The minimum absolute atomic E-state index is 0.131. The normalized spacial score (nSPS) is 10.9. The summed E-state index contributed by atoms with van der Waals surface area (Å²) in [6.45, 7) is 4.18. The van der Waals surface area contributed by atoms with Crippen molar-refractivity contribution < 1.29 is 9.53 Å². The Hall–Kier alpha value is -4.10. The predicted molar refractivity (Wildman–Crippen MR) is 141 cm³/mol. The van der Waals surface area contributed by atoms with Crippen LogP contribution >= 0.6 is 11.8 Å². The van der Waals surface area contributed by atoms with E-state index < -0.39 is 0 Å². The highest BCUT2D eigenvalue weighted by Crippen LogP contribution is 2.30. The molecular weight excluding hydrogens is 456 g/mol. The zero-order valence-corrected chi connectivity index (χ0v) is 20.2. The van der Waals surface area contributed by atoms with E-state index in [9.17, 15) is 4.79 Å². The third-order valence-electron chi connectivity index (χ3n) is 5.59. The first-order chi connectivity index (χ1) is 17.0. The van der Waals surface area contributed by atoms with Crippen LogP contribution in [-0.4, -0.2) is 26.6 Å². The number of rotatable bonds is 7. The van der Waals surface area contributed by atoms with Crippen LogP contribution in [0, 0.1) is 13.8 Å². The molecule has 5 rings (SSSR count). The zero-order chi connectivity index (χ0) is 24.2. The fourth-order valence-electron chi connectivity index (χ4n) is 3.61. The Labute approximate surface area is 207 Å². The number of H-pyrrole nitrogens is 1. The van der Waals surface area contributed by atoms with Gasteiger partial charge in [0.05, 0.1) is 27.5 Å². The van der Waals surface area contributed by atoms with Gasteiger partial charge in [-0.05, 0) is 73.5 Å². The van der Waals surface area contributed by atoms with Crippen molar-refractivity contribution in [2.75, 3.05) is 11.1 Å². The summed E-state index contributed by atoms with van der Waals surface area (Å²) in [7, 11) is 0. The second kappa shape index (κ2) is 10.0. The van der Waals surface area contributed by atoms with Crippen LogP contribution in [0.2, 0.25) is 0 Å². The number of hydrogen-bond acceptors (Lipinski definition) is 5. The summed E-state index contributed by atoms with van der Waals surface area (Å²) < 4.78 is 5.92. The Morgan fingerprint density at radius 2 is 1.74 bits per heavy atom. The number of anilines is 1. The van der Waals surface area contributed by atoms with E-state index >= 15 is 0 Å². The molecule has 2 heterocycles. The van der Waals surface area contributed by atoms with E-state index in [-0.39, 0.29) is 11.7 Å². The van der Waals surface area contributed by atoms with Crippen molar-refractivity contribution in [1.82, 2.24) is 15.0 Å². The number of thioether (sulfide) groups is 1. The number of benzene rings is 3. The molecule has 7 heteroatoms. The summed E-state index contributed by atoms with van der Waals surface area (Å²) in [5, 5.41) is 3.70. The zero-order valence-electron chi connectivity index (χ0n) is 19.4. The van der Waals surface area contributed by atoms with Crippen LogP contribution in [0.15, 0.2) is 90.1 Å². The van der Waals surface area contributed by atoms with Crippen molar-refractivity contribution in [2.24, 2.45) is 0 Å². The molecule has 0 aliphatic carbocycles. The maximum Gasteiger partial charge on any atom is 0.234 e. The van der Waals surface area contributed by atoms with E-state index in [0.717, 1.165) is 27.4 Å². The summed E-state index contributed by atoms with van der Waals surface area (Å²) in [6.07, 6.45) is 1.78. The Morgan fingerprint density at radius 1 is 0.971 bits per heavy atom. The van der Waals surface area contributed by atoms with Crippen LogP contribution < -0.4 is 10.1 Å². The molecule has 0 unspecified atom stereocenters. The molecule has 0 aliphatic heterocycles. The van der Waals surface area contributed by atoms with Gasteiger partial charge in [0.1, 0.15) is 11.6 Å². The largest absolute Gasteiger partial charge is 0.455 e. The Balaban J connectivity index is 1.21. The highest BCUT2D eigenvalue weighted by atomic mass is 32.2. The van der Waals surface area contributed by atoms with E-state index in [0.29, 0.717) is 17.2 Å². The van der Waals surface area contributed by atoms with Gasteiger partial charge in [-0.25, -0.2) is 9.97 Å². The summed E-state index contributed by atoms with van der Waals surface area (Å²) >= 11 is 1.38. The predicted octanol–water partition coefficient (Wildman–Crippen LogP) is 6.76. The van der Waals surface area contributed by atoms with Crippen molar-refractivity contribution >= 4 is 34.4 Å². The number of pyridine rings is 1. The van der Waals surface area contributed by atoms with Crippen molar-refractivity contribution in [3.63, 3.8) is 0 Å². The summed E-state index contributed by atoms with van der Waals surface area (Å²) in [5.74, 6) is 2.18. The van der Waals surface area contributed by atoms with Gasteiger partial charge in [0.15, 0.2) is 5.75 Å². The first-order valence-corrected chi connectivity index (χ1v) is 12.2. The minimum atomic E-state index is -0.131. The maximum absolute atomic E-state index is 12.6. The van der Waals surface area contributed by atoms with Crippen LogP contribution in [-0.2, 0) is 4.79 Å². The van der Waals surface area contributed by atoms with E-state index in [4.69, 9.17) is 9.72 Å². The van der Waals surface area contributed by atoms with Crippen LogP contribution in [0.4, 0.5) is 5.69 Å². The third kappa shape index (κ3) is 5.36. The molecule has 174 valence electrons. The van der Waals surface area contributed by atoms with E-state index in [1.165, 1.54) is 22.9 Å². The molecule has 0 fully saturated rings. The molecule has 2 aromatic heterocycles. The van der Waals surface area contributed by atoms with Crippen LogP contribution in [0.1, 0.15) is 11.1 Å². The number of aromatic amines is 1. The number of nitrogens with zero attached hydrogens (tertiary/aromatic N) is 2. The van der Waals surface area contributed by atoms with Gasteiger partial charge in [0.2, 0.25) is 5.91 Å². The first-order valence-electron chi connectivity index (χ1n) is 11.2. The molecule has 0 atom stereocenters. The van der Waals surface area contributed by atoms with Gasteiger partial charge in [-0.3, -0.25) is 4.79 Å². The Morgan fingerprint density at radius 3 is 2.54 bits per heavy atom. The number of hydrogen-bond donors (Lipinski definition) is 2. The number of aryl methyl sites for hydroxylation is 2. The van der Waals surface area contributed by atoms with Gasteiger partial charge in [0.25, 0.3) is 0 Å². The van der Waals surface area contributed by atoms with Crippen molar-refractivity contribution in [1.29, 1.82) is 0 Å². The van der Waals surface area contributed by atoms with Crippen LogP contribution in [0.25, 0.3) is 22.4 Å². The lowest BCUT2D eigenvalue weighted by Gasteiger charge is -2.12. The lowest BCUT2D eigenvalue weighted by molar-refractivity contribution is -0.113. The minimum Gasteiger partial charge on any atom is -0.455 e. The highest BCUT2D eigenvalue weighted by molar-refractivity contribution is 7.99. The number of amides is 1. The van der Waals surface area contributed by atoms with E-state index in [1.807, 2.05) is 66.7 Å². The molecule has 0 bridgehead atoms. The molecule has 5 aromatic rings. The van der Waals surface area contributed by atoms with Crippen LogP contribution in [0.3, 0.4) is 0 Å². The Bertz CT molecular complexity index is 1440. The molecule has 0 spiro atoms. The smallest absolute Gasteiger partial charge is 0.234 e. The van der Waals surface area contributed by atoms with Gasteiger partial charge in [-0.2, -0.15) is 0 Å². The number of ether oxygens (including phenoxy) is 1. The SMILES string of the molecule is Cc1cc2nc(-c3ccc(SCC(=O)Nc4ccccc4Oc4ccccc4)nc3)[nH]c2cc1C. The molecule has 2 N–H and O–H groups in total. The van der Waals surface area contributed by atoms with Crippen molar-refractivity contribution in [3.8, 4) is 22.9 Å². The summed E-state index contributed by atoms with van der Waals surface area (Å²) in [5.41, 5.74) is 5.92. The quantitative estimate of drug-likeness (QED) is 0.251. The average Bonchev–Trinajstić information content (AvgIpc) is 3.28. The molecule has 0 saturated carbocycles. The van der Waals surface area contributed by atoms with Crippen LogP contribution in [0.5, 0.6) is 11.5 Å². The second-order valence-corrected chi connectivity index (χ2v) is 9.17. The van der Waals surface area contributed by atoms with E-state index in [1.54, 1.807) is 6.20 Å². The van der Waals surface area contributed by atoms with Gasteiger partial charge in [0, 0.05) is 11.8 Å². The first kappa shape index (κ1) is 22.7. The number of carbonyl (C=O) groups excluding carboxylic acids is 1. The van der Waals surface area contributed by atoms with Gasteiger partial charge >= 0.3 is 0 Å². The van der Waals surface area contributed by atoms with Crippen molar-refractivity contribution in [2.45, 2.75) is 18.9 Å². The van der Waals surface area contributed by atoms with Gasteiger partial charge in [-0.1, -0.05) is 42.1 Å². The molecule has 0 saturated heterocycles. The molecule has 6 nitrogen and oxygen atoms in total. The summed E-state index contributed by atoms with van der Waals surface area (Å²) in [4.78, 5) is 25.2. The fourth-order valence-corrected chi connectivity index (χ4v) is 4.25. The molecule has 0 radical (unpaired) electrons. The standard InChI is InChI=1S/C28H24N4O2S/c1-18-14-23-24(15-19(18)2)32-28(31-23)20-12-13-27(29-16-20)35-17-26(33)30-22-10-6-7-11-25(22)34-21-8-4-3-5-9-21/h3-16H,17H2,1-2H3,(H,30,33)(H,31,32). The average molecular weight is 481 g/mol. The molecule has 35 heavy (non-hydrogen) atoms. The third-order valence-corrected chi connectivity index (χ3v) is 6.53. The highest BCUT2D eigenvalue weighted by Gasteiger charge is 2.11. The maximum atomic E-state index is 12.6. The van der Waals surface area contributed by atoms with Gasteiger partial charge < -0.3 is 15.0 Å². The lowest BCUT2D eigenvalue weighted by Crippen LogP contribution is -2.14. The second-order valence-electron chi connectivity index (χ2n) is 8.17. The Kier molecular flexibility index (Phi) is 6.50. The van der Waals surface area contributed by atoms with Crippen molar-refractivity contribution in [3.05, 3.63) is 96.2 Å². The topological polar surface area (TPSA) is 79.9 Å². The molecular formula is C28H24N4O2S. The summed E-state index contributed by atoms with van der Waals surface area (Å²) in [6, 6.07) is 24.9. The molecule has 1 amide bonds. The number of carbonyl (C=O) groups is 1. The lowest BCUT2D eigenvalue weighted by atomic mass is 10.1. The fraction of sp³-hybridized carbons (Fsp3) is 0.107. The number of imidazole rings is 1.